The van der Waals surface area contributed by atoms with Crippen molar-refractivity contribution >= 4 is 22.7 Å². The van der Waals surface area contributed by atoms with Gasteiger partial charge in [0, 0.05) is 17.0 Å². The number of aromatic hydroxyl groups is 1. The average Bonchev–Trinajstić information content (AvgIpc) is 2.72. The molecule has 0 aliphatic rings. The van der Waals surface area contributed by atoms with Crippen LogP contribution in [0.25, 0.3) is 16.5 Å². The maximum absolute atomic E-state index is 13.1. The van der Waals surface area contributed by atoms with Crippen LogP contribution in [0.3, 0.4) is 0 Å². The zero-order valence-corrected chi connectivity index (χ0v) is 16.7. The van der Waals surface area contributed by atoms with Crippen LogP contribution in [0.1, 0.15) is 22.3 Å². The van der Waals surface area contributed by atoms with Crippen LogP contribution < -0.4 is 5.56 Å². The van der Waals surface area contributed by atoms with Gasteiger partial charge in [-0.1, -0.05) is 42.0 Å². The molecule has 0 aliphatic carbocycles. The minimum atomic E-state index is -0.259. The van der Waals surface area contributed by atoms with Gasteiger partial charge in [0.25, 0.3) is 5.56 Å². The Morgan fingerprint density at radius 1 is 0.862 bits per heavy atom. The summed E-state index contributed by atoms with van der Waals surface area (Å²) in [5, 5.41) is 12.2. The van der Waals surface area contributed by atoms with Gasteiger partial charge in [0.05, 0.1) is 16.9 Å². The van der Waals surface area contributed by atoms with E-state index >= 15 is 0 Å². The molecule has 1 aromatic heterocycles. The number of rotatable bonds is 3. The largest absolute Gasteiger partial charge is 0.494 e. The number of nitrogens with zero attached hydrogens (tertiary/aromatic N) is 2. The molecule has 0 saturated heterocycles. The molecular formula is C25H22N2O2. The molecule has 0 atom stereocenters. The molecule has 1 heterocycles. The van der Waals surface area contributed by atoms with Gasteiger partial charge in [-0.05, 0) is 62.2 Å². The van der Waals surface area contributed by atoms with E-state index in [1.807, 2.05) is 74.5 Å². The van der Waals surface area contributed by atoms with E-state index in [1.54, 1.807) is 12.3 Å². The molecule has 29 heavy (non-hydrogen) atoms. The molecule has 0 radical (unpaired) electrons. The van der Waals surface area contributed by atoms with Crippen molar-refractivity contribution in [2.75, 3.05) is 0 Å². The van der Waals surface area contributed by atoms with Crippen molar-refractivity contribution in [2.45, 2.75) is 20.8 Å². The summed E-state index contributed by atoms with van der Waals surface area (Å²) in [7, 11) is 0. The molecule has 0 unspecified atom stereocenters. The number of hydrogen-bond acceptors (Lipinski definition) is 3. The lowest BCUT2D eigenvalue weighted by Crippen LogP contribution is -2.20. The molecule has 0 bridgehead atoms. The fourth-order valence-electron chi connectivity index (χ4n) is 3.37. The number of benzene rings is 3. The summed E-state index contributed by atoms with van der Waals surface area (Å²) < 4.78 is 1.34. The Hall–Kier alpha value is -3.66. The van der Waals surface area contributed by atoms with Crippen molar-refractivity contribution in [3.05, 3.63) is 99.3 Å². The van der Waals surface area contributed by atoms with E-state index in [4.69, 9.17) is 0 Å². The SMILES string of the molecule is Cc1ccc(-n2c(O)c(C=Nc3ccc(C)c(C)c3)c3ccccc3c2=O)cc1. The second-order valence-corrected chi connectivity index (χ2v) is 7.29. The van der Waals surface area contributed by atoms with Gasteiger partial charge in [0.2, 0.25) is 5.88 Å². The predicted octanol–water partition coefficient (Wildman–Crippen LogP) is 5.37. The van der Waals surface area contributed by atoms with Crippen LogP contribution in [0.15, 0.2) is 76.5 Å². The molecular weight excluding hydrogens is 360 g/mol. The summed E-state index contributed by atoms with van der Waals surface area (Å²) in [6, 6.07) is 20.7. The highest BCUT2D eigenvalue weighted by Crippen LogP contribution is 2.27. The summed E-state index contributed by atoms with van der Waals surface area (Å²) in [4.78, 5) is 17.7. The minimum absolute atomic E-state index is 0.120. The first-order chi connectivity index (χ1) is 14.0. The van der Waals surface area contributed by atoms with Crippen LogP contribution in [0.5, 0.6) is 5.88 Å². The van der Waals surface area contributed by atoms with E-state index in [0.29, 0.717) is 22.0 Å². The molecule has 0 fully saturated rings. The van der Waals surface area contributed by atoms with Gasteiger partial charge in [-0.25, -0.2) is 4.57 Å². The van der Waals surface area contributed by atoms with Crippen molar-refractivity contribution in [3.8, 4) is 11.6 Å². The normalized spacial score (nSPS) is 11.4. The Balaban J connectivity index is 1.95. The number of hydrogen-bond donors (Lipinski definition) is 1. The summed E-state index contributed by atoms with van der Waals surface area (Å²) in [6.45, 7) is 6.08. The molecule has 0 spiro atoms. The minimum Gasteiger partial charge on any atom is -0.494 e. The quantitative estimate of drug-likeness (QED) is 0.484. The first kappa shape index (κ1) is 18.7. The first-order valence-corrected chi connectivity index (χ1v) is 9.51. The zero-order valence-electron chi connectivity index (χ0n) is 16.7. The Bertz CT molecular complexity index is 1300. The zero-order chi connectivity index (χ0) is 20.5. The molecule has 4 rings (SSSR count). The second-order valence-electron chi connectivity index (χ2n) is 7.29. The van der Waals surface area contributed by atoms with E-state index < -0.39 is 0 Å². The highest BCUT2D eigenvalue weighted by Gasteiger charge is 2.16. The number of aliphatic imine (C=N–C) groups is 1. The van der Waals surface area contributed by atoms with Crippen LogP contribution >= 0.6 is 0 Å². The Kier molecular flexibility index (Phi) is 4.77. The molecule has 0 aliphatic heterocycles. The fraction of sp³-hybridized carbons (Fsp3) is 0.120. The maximum Gasteiger partial charge on any atom is 0.265 e. The number of aromatic nitrogens is 1. The van der Waals surface area contributed by atoms with E-state index in [-0.39, 0.29) is 11.4 Å². The fourth-order valence-corrected chi connectivity index (χ4v) is 3.37. The molecule has 1 N–H and O–H groups in total. The van der Waals surface area contributed by atoms with E-state index in [1.165, 1.54) is 10.1 Å². The Morgan fingerprint density at radius 2 is 1.55 bits per heavy atom. The van der Waals surface area contributed by atoms with Crippen molar-refractivity contribution < 1.29 is 5.11 Å². The first-order valence-electron chi connectivity index (χ1n) is 9.51. The summed E-state index contributed by atoms with van der Waals surface area (Å²) in [6.07, 6.45) is 1.63. The van der Waals surface area contributed by atoms with E-state index in [0.717, 1.165) is 16.8 Å². The van der Waals surface area contributed by atoms with Crippen LogP contribution in [0, 0.1) is 20.8 Å². The lowest BCUT2D eigenvalue weighted by molar-refractivity contribution is 0.436. The average molecular weight is 382 g/mol. The van der Waals surface area contributed by atoms with Crippen LogP contribution in [0.4, 0.5) is 5.69 Å². The van der Waals surface area contributed by atoms with Crippen molar-refractivity contribution in [1.29, 1.82) is 0 Å². The Labute approximate surface area is 169 Å². The van der Waals surface area contributed by atoms with E-state index in [9.17, 15) is 9.90 Å². The monoisotopic (exact) mass is 382 g/mol. The van der Waals surface area contributed by atoms with Gasteiger partial charge < -0.3 is 5.11 Å². The van der Waals surface area contributed by atoms with Crippen molar-refractivity contribution in [1.82, 2.24) is 4.57 Å². The molecule has 144 valence electrons. The highest BCUT2D eigenvalue weighted by atomic mass is 16.3. The van der Waals surface area contributed by atoms with Crippen LogP contribution in [0.2, 0.25) is 0 Å². The summed E-state index contributed by atoms with van der Waals surface area (Å²) in [5.74, 6) is -0.120. The number of aryl methyl sites for hydroxylation is 3. The third-order valence-corrected chi connectivity index (χ3v) is 5.23. The molecule has 4 aromatic rings. The molecule has 3 aromatic carbocycles. The van der Waals surface area contributed by atoms with Crippen molar-refractivity contribution in [2.24, 2.45) is 4.99 Å². The molecule has 0 saturated carbocycles. The predicted molar refractivity (Wildman–Crippen MR) is 119 cm³/mol. The van der Waals surface area contributed by atoms with Gasteiger partial charge in [0.15, 0.2) is 0 Å². The smallest absolute Gasteiger partial charge is 0.265 e. The summed E-state index contributed by atoms with van der Waals surface area (Å²) >= 11 is 0. The number of fused-ring (bicyclic) bond motifs is 1. The van der Waals surface area contributed by atoms with E-state index in [2.05, 4.69) is 11.9 Å². The van der Waals surface area contributed by atoms with Gasteiger partial charge in [-0.3, -0.25) is 9.79 Å². The standard InChI is InChI=1S/C25H22N2O2/c1-16-8-12-20(13-9-16)27-24(28)22-7-5-4-6-21(22)23(25(27)29)15-26-19-11-10-17(2)18(3)14-19/h4-15,29H,1-3H3. The van der Waals surface area contributed by atoms with Gasteiger partial charge in [-0.15, -0.1) is 0 Å². The topological polar surface area (TPSA) is 54.6 Å². The third kappa shape index (κ3) is 3.45. The molecule has 4 heteroatoms. The lowest BCUT2D eigenvalue weighted by Gasteiger charge is -2.14. The van der Waals surface area contributed by atoms with Gasteiger partial charge >= 0.3 is 0 Å². The second kappa shape index (κ2) is 7.40. The van der Waals surface area contributed by atoms with Crippen LogP contribution in [-0.4, -0.2) is 15.9 Å². The van der Waals surface area contributed by atoms with Crippen molar-refractivity contribution in [3.63, 3.8) is 0 Å². The number of pyridine rings is 1. The van der Waals surface area contributed by atoms with Gasteiger partial charge in [0.1, 0.15) is 0 Å². The van der Waals surface area contributed by atoms with Crippen LogP contribution in [-0.2, 0) is 0 Å². The molecule has 0 amide bonds. The lowest BCUT2D eigenvalue weighted by atomic mass is 10.1. The highest BCUT2D eigenvalue weighted by molar-refractivity contribution is 6.02. The van der Waals surface area contributed by atoms with Gasteiger partial charge in [-0.2, -0.15) is 0 Å². The summed E-state index contributed by atoms with van der Waals surface area (Å²) in [5.41, 5.74) is 5.10. The third-order valence-electron chi connectivity index (χ3n) is 5.23. The molecule has 4 nitrogen and oxygen atoms in total. The Morgan fingerprint density at radius 3 is 2.24 bits per heavy atom. The maximum atomic E-state index is 13.1.